The van der Waals surface area contributed by atoms with Gasteiger partial charge in [-0.05, 0) is 72.7 Å². The van der Waals surface area contributed by atoms with Gasteiger partial charge in [0.25, 0.3) is 0 Å². The Morgan fingerprint density at radius 1 is 1.12 bits per heavy atom. The van der Waals surface area contributed by atoms with Crippen molar-refractivity contribution in [3.63, 3.8) is 0 Å². The zero-order valence-electron chi connectivity index (χ0n) is 18.6. The van der Waals surface area contributed by atoms with Crippen LogP contribution in [-0.4, -0.2) is 27.7 Å². The van der Waals surface area contributed by atoms with Crippen molar-refractivity contribution < 1.29 is 14.6 Å². The fourth-order valence-electron chi connectivity index (χ4n) is 4.42. The third kappa shape index (κ3) is 4.55. The van der Waals surface area contributed by atoms with Crippen LogP contribution in [0.1, 0.15) is 36.4 Å². The molecule has 1 heterocycles. The number of carbonyl (C=O) groups is 1. The van der Waals surface area contributed by atoms with Gasteiger partial charge in [-0.15, -0.1) is 0 Å². The highest BCUT2D eigenvalue weighted by molar-refractivity contribution is 5.81. The van der Waals surface area contributed by atoms with Crippen molar-refractivity contribution in [2.45, 2.75) is 31.7 Å². The maximum atomic E-state index is 11.0. The van der Waals surface area contributed by atoms with Crippen LogP contribution in [0.4, 0.5) is 11.6 Å². The Morgan fingerprint density at radius 3 is 2.55 bits per heavy atom. The van der Waals surface area contributed by atoms with Gasteiger partial charge < -0.3 is 19.7 Å². The molecule has 6 heteroatoms. The minimum Gasteiger partial charge on any atom is -0.497 e. The van der Waals surface area contributed by atoms with Crippen LogP contribution < -0.4 is 10.1 Å². The van der Waals surface area contributed by atoms with E-state index in [9.17, 15) is 4.79 Å². The number of methoxy groups -OCH3 is 1. The van der Waals surface area contributed by atoms with Gasteiger partial charge in [-0.1, -0.05) is 36.4 Å². The number of nitrogens with zero attached hydrogens (tertiary/aromatic N) is 2. The summed E-state index contributed by atoms with van der Waals surface area (Å²) in [6.07, 6.45) is 2.98. The van der Waals surface area contributed by atoms with Crippen LogP contribution in [-0.2, 0) is 11.2 Å². The van der Waals surface area contributed by atoms with E-state index in [1.807, 2.05) is 42.5 Å². The zero-order chi connectivity index (χ0) is 22.8. The van der Waals surface area contributed by atoms with Crippen LogP contribution in [0.3, 0.4) is 0 Å². The molecule has 1 aliphatic rings. The number of aromatic nitrogens is 2. The monoisotopic (exact) mass is 441 g/mol. The van der Waals surface area contributed by atoms with E-state index in [-0.39, 0.29) is 12.5 Å². The van der Waals surface area contributed by atoms with Gasteiger partial charge in [-0.3, -0.25) is 4.79 Å². The van der Waals surface area contributed by atoms with Gasteiger partial charge in [-0.25, -0.2) is 4.98 Å². The predicted molar refractivity (Wildman–Crippen MR) is 129 cm³/mol. The molecule has 0 radical (unpaired) electrons. The van der Waals surface area contributed by atoms with Crippen molar-refractivity contribution in [2.75, 3.05) is 12.4 Å². The highest BCUT2D eigenvalue weighted by Gasteiger charge is 2.36. The number of fused-ring (bicyclic) bond motifs is 1. The summed E-state index contributed by atoms with van der Waals surface area (Å²) >= 11 is 0. The Hall–Kier alpha value is -3.80. The van der Waals surface area contributed by atoms with Crippen LogP contribution in [0.5, 0.6) is 5.75 Å². The van der Waals surface area contributed by atoms with Gasteiger partial charge in [0.1, 0.15) is 5.75 Å². The molecule has 0 aliphatic heterocycles. The Balaban J connectivity index is 1.60. The van der Waals surface area contributed by atoms with E-state index in [0.717, 1.165) is 34.0 Å². The minimum atomic E-state index is -0.791. The molecule has 1 atom stereocenters. The Bertz CT molecular complexity index is 1260. The first-order valence-electron chi connectivity index (χ1n) is 11.3. The minimum absolute atomic E-state index is 0.109. The average molecular weight is 442 g/mol. The number of carboxylic acids is 1. The predicted octanol–water partition coefficient (Wildman–Crippen LogP) is 5.81. The second-order valence-corrected chi connectivity index (χ2v) is 8.57. The number of benzene rings is 3. The van der Waals surface area contributed by atoms with Gasteiger partial charge in [0.05, 0.1) is 24.2 Å². The van der Waals surface area contributed by atoms with Gasteiger partial charge >= 0.3 is 5.97 Å². The summed E-state index contributed by atoms with van der Waals surface area (Å²) in [4.78, 5) is 16.0. The van der Waals surface area contributed by atoms with E-state index in [4.69, 9.17) is 14.8 Å². The summed E-state index contributed by atoms with van der Waals surface area (Å²) in [5.74, 6) is 1.36. The number of anilines is 2. The quantitative estimate of drug-likeness (QED) is 0.343. The number of ether oxygens (including phenoxy) is 1. The van der Waals surface area contributed by atoms with E-state index in [1.165, 1.54) is 18.4 Å². The van der Waals surface area contributed by atoms with Crippen LogP contribution in [0.15, 0.2) is 72.8 Å². The summed E-state index contributed by atoms with van der Waals surface area (Å²) in [5.41, 5.74) is 5.10. The second-order valence-electron chi connectivity index (χ2n) is 8.57. The SMILES string of the molecule is COc1ccc(Nc2nc3cc(CCC(=O)O)ccc3n2[C@@H](c2ccccc2)C2CC2)cc1. The normalized spacial score (nSPS) is 14.2. The van der Waals surface area contributed by atoms with E-state index < -0.39 is 5.97 Å². The lowest BCUT2D eigenvalue weighted by molar-refractivity contribution is -0.136. The topological polar surface area (TPSA) is 76.4 Å². The maximum absolute atomic E-state index is 11.0. The summed E-state index contributed by atoms with van der Waals surface area (Å²) in [6.45, 7) is 0. The molecule has 2 N–H and O–H groups in total. The van der Waals surface area contributed by atoms with Crippen molar-refractivity contribution in [1.82, 2.24) is 9.55 Å². The summed E-state index contributed by atoms with van der Waals surface area (Å²) in [5, 5.41) is 12.6. The molecular formula is C27H27N3O3. The zero-order valence-corrected chi connectivity index (χ0v) is 18.6. The van der Waals surface area contributed by atoms with E-state index in [2.05, 4.69) is 40.2 Å². The van der Waals surface area contributed by atoms with Gasteiger partial charge in [0.15, 0.2) is 0 Å². The molecule has 1 saturated carbocycles. The van der Waals surface area contributed by atoms with Crippen molar-refractivity contribution in [2.24, 2.45) is 5.92 Å². The Labute approximate surface area is 192 Å². The summed E-state index contributed by atoms with van der Waals surface area (Å²) < 4.78 is 7.60. The van der Waals surface area contributed by atoms with Gasteiger partial charge in [0.2, 0.25) is 5.95 Å². The molecule has 6 nitrogen and oxygen atoms in total. The van der Waals surface area contributed by atoms with Gasteiger partial charge in [-0.2, -0.15) is 0 Å². The van der Waals surface area contributed by atoms with Crippen LogP contribution in [0.25, 0.3) is 11.0 Å². The van der Waals surface area contributed by atoms with Crippen molar-refractivity contribution in [3.05, 3.63) is 83.9 Å². The summed E-state index contributed by atoms with van der Waals surface area (Å²) in [6, 6.07) is 24.7. The molecule has 5 rings (SSSR count). The second kappa shape index (κ2) is 8.98. The van der Waals surface area contributed by atoms with Crippen LogP contribution in [0, 0.1) is 5.92 Å². The Kier molecular flexibility index (Phi) is 5.73. The molecule has 0 bridgehead atoms. The molecule has 0 unspecified atom stereocenters. The lowest BCUT2D eigenvalue weighted by Gasteiger charge is -2.23. The fourth-order valence-corrected chi connectivity index (χ4v) is 4.42. The van der Waals surface area contributed by atoms with Crippen LogP contribution >= 0.6 is 0 Å². The number of nitrogens with one attached hydrogen (secondary N) is 1. The van der Waals surface area contributed by atoms with Gasteiger partial charge in [0, 0.05) is 12.1 Å². The van der Waals surface area contributed by atoms with Crippen molar-refractivity contribution >= 4 is 28.6 Å². The molecule has 0 amide bonds. The number of imidazole rings is 1. The molecule has 4 aromatic rings. The smallest absolute Gasteiger partial charge is 0.303 e. The molecule has 0 saturated heterocycles. The first-order valence-corrected chi connectivity index (χ1v) is 11.3. The number of hydrogen-bond acceptors (Lipinski definition) is 4. The van der Waals surface area contributed by atoms with E-state index in [0.29, 0.717) is 12.3 Å². The molecule has 3 aromatic carbocycles. The molecular weight excluding hydrogens is 414 g/mol. The molecule has 0 spiro atoms. The van der Waals surface area contributed by atoms with Crippen molar-refractivity contribution in [1.29, 1.82) is 0 Å². The number of carboxylic acid groups (broad SMARTS) is 1. The third-order valence-corrected chi connectivity index (χ3v) is 6.22. The standard InChI is InChI=1S/C27H27N3O3/c1-33-22-13-11-21(12-14-22)28-27-29-23-17-18(8-16-25(31)32)7-15-24(23)30(27)26(20-9-10-20)19-5-3-2-4-6-19/h2-7,11-15,17,20,26H,8-10,16H2,1H3,(H,28,29)(H,31,32)/t26-/m0/s1. The lowest BCUT2D eigenvalue weighted by Crippen LogP contribution is -2.15. The van der Waals surface area contributed by atoms with E-state index >= 15 is 0 Å². The fraction of sp³-hybridized carbons (Fsp3) is 0.259. The van der Waals surface area contributed by atoms with Crippen LogP contribution in [0.2, 0.25) is 0 Å². The highest BCUT2D eigenvalue weighted by Crippen LogP contribution is 2.46. The molecule has 33 heavy (non-hydrogen) atoms. The Morgan fingerprint density at radius 2 is 1.88 bits per heavy atom. The number of hydrogen-bond donors (Lipinski definition) is 2. The largest absolute Gasteiger partial charge is 0.497 e. The maximum Gasteiger partial charge on any atom is 0.303 e. The first kappa shape index (κ1) is 21.1. The summed E-state index contributed by atoms with van der Waals surface area (Å²) in [7, 11) is 1.66. The number of aryl methyl sites for hydroxylation is 1. The number of aliphatic carboxylic acids is 1. The first-order chi connectivity index (χ1) is 16.1. The van der Waals surface area contributed by atoms with E-state index in [1.54, 1.807) is 7.11 Å². The molecule has 1 fully saturated rings. The highest BCUT2D eigenvalue weighted by atomic mass is 16.5. The molecule has 1 aliphatic carbocycles. The number of rotatable bonds is 9. The third-order valence-electron chi connectivity index (χ3n) is 6.22. The molecule has 1 aromatic heterocycles. The average Bonchev–Trinajstić information content (AvgIpc) is 3.61. The lowest BCUT2D eigenvalue weighted by atomic mass is 10.0. The molecule has 168 valence electrons. The van der Waals surface area contributed by atoms with Crippen molar-refractivity contribution in [3.8, 4) is 5.75 Å².